The van der Waals surface area contributed by atoms with E-state index < -0.39 is 0 Å². The third-order valence-electron chi connectivity index (χ3n) is 10.9. The molecule has 0 spiro atoms. The van der Waals surface area contributed by atoms with Gasteiger partial charge in [0.1, 0.15) is 0 Å². The average molecular weight is 405 g/mol. The Bertz CT molecular complexity index is 573. The Hall–Kier alpha value is -0.0800. The molecule has 29 heavy (non-hydrogen) atoms. The Kier molecular flexibility index (Phi) is 6.19. The van der Waals surface area contributed by atoms with Crippen LogP contribution < -0.4 is 0 Å². The summed E-state index contributed by atoms with van der Waals surface area (Å²) in [4.78, 5) is 0. The van der Waals surface area contributed by atoms with Gasteiger partial charge in [0.15, 0.2) is 0 Å². The van der Waals surface area contributed by atoms with Crippen molar-refractivity contribution in [1.82, 2.24) is 0 Å². The molecule has 0 bridgehead atoms. The SMILES string of the molecule is CC(C)CCC[C@@H](C)[C@H]1CC[C@H]2[C@@H]3C(O)C[C@@H]4CC(O)CC[C@]4(C)[C@H]3CC[C@]12C. The van der Waals surface area contributed by atoms with Crippen molar-refractivity contribution in [2.24, 2.45) is 52.3 Å². The van der Waals surface area contributed by atoms with Crippen LogP contribution in [0.1, 0.15) is 105 Å². The van der Waals surface area contributed by atoms with Crippen LogP contribution in [0.2, 0.25) is 0 Å². The number of hydrogen-bond donors (Lipinski definition) is 2. The lowest BCUT2D eigenvalue weighted by molar-refractivity contribution is -0.174. The van der Waals surface area contributed by atoms with Gasteiger partial charge in [0.25, 0.3) is 0 Å². The first-order valence-corrected chi connectivity index (χ1v) is 13.0. The molecule has 0 aromatic rings. The summed E-state index contributed by atoms with van der Waals surface area (Å²) in [5, 5.41) is 21.6. The fourth-order valence-electron chi connectivity index (χ4n) is 9.22. The number of rotatable bonds is 5. The molecule has 2 nitrogen and oxygen atoms in total. The van der Waals surface area contributed by atoms with Crippen LogP contribution in [0.15, 0.2) is 0 Å². The van der Waals surface area contributed by atoms with E-state index in [-0.39, 0.29) is 12.2 Å². The van der Waals surface area contributed by atoms with Crippen LogP contribution in [0.4, 0.5) is 0 Å². The molecule has 4 aliphatic rings. The van der Waals surface area contributed by atoms with E-state index in [1.54, 1.807) is 0 Å². The Morgan fingerprint density at radius 3 is 2.24 bits per heavy atom. The fraction of sp³-hybridized carbons (Fsp3) is 1.00. The molecule has 0 aromatic heterocycles. The number of fused-ring (bicyclic) bond motifs is 5. The van der Waals surface area contributed by atoms with E-state index in [1.165, 1.54) is 51.4 Å². The van der Waals surface area contributed by atoms with Crippen molar-refractivity contribution in [3.05, 3.63) is 0 Å². The predicted molar refractivity (Wildman–Crippen MR) is 120 cm³/mol. The standard InChI is InChI=1S/C27H48O2/c1-17(2)7-6-8-18(3)21-9-10-22-25-23(12-14-27(21,22)5)26(4)13-11-20(28)15-19(26)16-24(25)29/h17-25,28-29H,6-16H2,1-5H3/t18-,19+,20?,21-,22+,23+,24?,25+,26+,27-/m1/s1. The highest BCUT2D eigenvalue weighted by Gasteiger charge is 2.62. The summed E-state index contributed by atoms with van der Waals surface area (Å²) < 4.78 is 0. The smallest absolute Gasteiger partial charge is 0.0577 e. The number of hydrogen-bond acceptors (Lipinski definition) is 2. The van der Waals surface area contributed by atoms with E-state index in [4.69, 9.17) is 0 Å². The maximum absolute atomic E-state index is 11.4. The molecule has 2 N–H and O–H groups in total. The number of aliphatic hydroxyl groups excluding tert-OH is 2. The molecule has 4 rings (SSSR count). The summed E-state index contributed by atoms with van der Waals surface area (Å²) in [5.74, 6) is 4.94. The van der Waals surface area contributed by atoms with E-state index in [0.29, 0.717) is 28.6 Å². The van der Waals surface area contributed by atoms with Gasteiger partial charge in [0.05, 0.1) is 12.2 Å². The van der Waals surface area contributed by atoms with Gasteiger partial charge in [0.2, 0.25) is 0 Å². The highest BCUT2D eigenvalue weighted by Crippen LogP contribution is 2.68. The van der Waals surface area contributed by atoms with Crippen molar-refractivity contribution < 1.29 is 10.2 Å². The normalized spacial score (nSPS) is 50.7. The molecule has 0 radical (unpaired) electrons. The zero-order chi connectivity index (χ0) is 21.0. The van der Waals surface area contributed by atoms with E-state index in [1.807, 2.05) is 0 Å². The predicted octanol–water partition coefficient (Wildman–Crippen LogP) is 6.44. The quantitative estimate of drug-likeness (QED) is 0.553. The molecule has 0 heterocycles. The van der Waals surface area contributed by atoms with Crippen LogP contribution in [0.3, 0.4) is 0 Å². The maximum Gasteiger partial charge on any atom is 0.0577 e. The average Bonchev–Trinajstić information content (AvgIpc) is 3.00. The van der Waals surface area contributed by atoms with E-state index in [9.17, 15) is 10.2 Å². The first-order chi connectivity index (χ1) is 13.7. The van der Waals surface area contributed by atoms with Crippen molar-refractivity contribution in [2.45, 2.75) is 117 Å². The van der Waals surface area contributed by atoms with E-state index in [2.05, 4.69) is 34.6 Å². The van der Waals surface area contributed by atoms with Crippen LogP contribution in [-0.4, -0.2) is 22.4 Å². The minimum absolute atomic E-state index is 0.131. The molecule has 0 aromatic carbocycles. The Morgan fingerprint density at radius 1 is 0.828 bits per heavy atom. The van der Waals surface area contributed by atoms with Crippen molar-refractivity contribution in [3.63, 3.8) is 0 Å². The lowest BCUT2D eigenvalue weighted by Gasteiger charge is -2.62. The van der Waals surface area contributed by atoms with Crippen molar-refractivity contribution >= 4 is 0 Å². The van der Waals surface area contributed by atoms with Gasteiger partial charge < -0.3 is 10.2 Å². The zero-order valence-corrected chi connectivity index (χ0v) is 19.9. The first kappa shape index (κ1) is 22.1. The molecule has 2 unspecified atom stereocenters. The number of aliphatic hydroxyl groups is 2. The van der Waals surface area contributed by atoms with Gasteiger partial charge in [-0.05, 0) is 104 Å². The summed E-state index contributed by atoms with van der Waals surface area (Å²) in [6, 6.07) is 0. The van der Waals surface area contributed by atoms with Gasteiger partial charge in [-0.1, -0.05) is 53.9 Å². The maximum atomic E-state index is 11.4. The second-order valence-corrected chi connectivity index (χ2v) is 12.8. The van der Waals surface area contributed by atoms with Crippen LogP contribution in [0, 0.1) is 52.3 Å². The molecule has 10 atom stereocenters. The molecular weight excluding hydrogens is 356 g/mol. The minimum atomic E-state index is -0.136. The summed E-state index contributed by atoms with van der Waals surface area (Å²) in [6.45, 7) is 12.4. The molecule has 0 amide bonds. The lowest BCUT2D eigenvalue weighted by Crippen LogP contribution is -2.58. The van der Waals surface area contributed by atoms with E-state index >= 15 is 0 Å². The van der Waals surface area contributed by atoms with E-state index in [0.717, 1.165) is 42.9 Å². The minimum Gasteiger partial charge on any atom is -0.393 e. The fourth-order valence-corrected chi connectivity index (χ4v) is 9.22. The highest BCUT2D eigenvalue weighted by atomic mass is 16.3. The topological polar surface area (TPSA) is 40.5 Å². The van der Waals surface area contributed by atoms with Crippen molar-refractivity contribution in [1.29, 1.82) is 0 Å². The Morgan fingerprint density at radius 2 is 1.52 bits per heavy atom. The zero-order valence-electron chi connectivity index (χ0n) is 19.9. The monoisotopic (exact) mass is 404 g/mol. The van der Waals surface area contributed by atoms with Gasteiger partial charge in [0, 0.05) is 0 Å². The Balaban J connectivity index is 1.50. The van der Waals surface area contributed by atoms with Crippen LogP contribution in [0.25, 0.3) is 0 Å². The third-order valence-corrected chi connectivity index (χ3v) is 10.9. The van der Waals surface area contributed by atoms with Gasteiger partial charge in [-0.3, -0.25) is 0 Å². The molecule has 4 saturated carbocycles. The molecule has 2 heteroatoms. The van der Waals surface area contributed by atoms with Crippen LogP contribution in [0.5, 0.6) is 0 Å². The van der Waals surface area contributed by atoms with Crippen LogP contribution >= 0.6 is 0 Å². The van der Waals surface area contributed by atoms with Crippen LogP contribution in [-0.2, 0) is 0 Å². The summed E-state index contributed by atoms with van der Waals surface area (Å²) >= 11 is 0. The summed E-state index contributed by atoms with van der Waals surface area (Å²) in [5.41, 5.74) is 0.794. The largest absolute Gasteiger partial charge is 0.393 e. The molecular formula is C27H48O2. The molecule has 0 aliphatic heterocycles. The summed E-state index contributed by atoms with van der Waals surface area (Å²) in [6.07, 6.45) is 13.3. The van der Waals surface area contributed by atoms with Crippen molar-refractivity contribution in [3.8, 4) is 0 Å². The molecule has 4 fully saturated rings. The molecule has 4 aliphatic carbocycles. The first-order valence-electron chi connectivity index (χ1n) is 13.0. The third kappa shape index (κ3) is 3.73. The molecule has 0 saturated heterocycles. The van der Waals surface area contributed by atoms with Crippen molar-refractivity contribution in [2.75, 3.05) is 0 Å². The van der Waals surface area contributed by atoms with Gasteiger partial charge in [-0.15, -0.1) is 0 Å². The summed E-state index contributed by atoms with van der Waals surface area (Å²) in [7, 11) is 0. The second-order valence-electron chi connectivity index (χ2n) is 12.8. The van der Waals surface area contributed by atoms with Gasteiger partial charge >= 0.3 is 0 Å². The molecule has 168 valence electrons. The lowest BCUT2D eigenvalue weighted by atomic mass is 9.43. The Labute approximate surface area is 180 Å². The second kappa shape index (κ2) is 8.12. The van der Waals surface area contributed by atoms with Gasteiger partial charge in [-0.2, -0.15) is 0 Å². The highest BCUT2D eigenvalue weighted by molar-refractivity contribution is 5.11. The van der Waals surface area contributed by atoms with Gasteiger partial charge in [-0.25, -0.2) is 0 Å².